The van der Waals surface area contributed by atoms with Gasteiger partial charge in [0, 0.05) is 5.69 Å². The first-order valence-corrected chi connectivity index (χ1v) is 5.32. The van der Waals surface area contributed by atoms with Crippen molar-refractivity contribution >= 4 is 11.7 Å². The summed E-state index contributed by atoms with van der Waals surface area (Å²) in [5.74, 6) is -0.820. The Morgan fingerprint density at radius 2 is 1.76 bits per heavy atom. The molecule has 0 aliphatic rings. The third-order valence-corrected chi connectivity index (χ3v) is 2.53. The molecule has 0 aromatic heterocycles. The maximum atomic E-state index is 10.6. The van der Waals surface area contributed by atoms with Crippen molar-refractivity contribution in [1.29, 1.82) is 0 Å². The standard InChI is InChI=1S/C14H13NO2/c15-13-6-4-11(5-7-13)12-3-1-2-10(8-12)9-14(16)17/h1-8H,9,15H2,(H,16,17). The molecule has 0 spiro atoms. The van der Waals surface area contributed by atoms with E-state index in [-0.39, 0.29) is 6.42 Å². The normalized spacial score (nSPS) is 10.1. The molecule has 3 nitrogen and oxygen atoms in total. The van der Waals surface area contributed by atoms with Crippen molar-refractivity contribution in [3.05, 3.63) is 54.1 Å². The third kappa shape index (κ3) is 2.84. The van der Waals surface area contributed by atoms with Crippen LogP contribution in [-0.4, -0.2) is 11.1 Å². The van der Waals surface area contributed by atoms with E-state index in [9.17, 15) is 4.79 Å². The van der Waals surface area contributed by atoms with Crippen LogP contribution in [0.25, 0.3) is 11.1 Å². The SMILES string of the molecule is Nc1ccc(-c2cccc(CC(=O)O)c2)cc1. The van der Waals surface area contributed by atoms with E-state index in [1.807, 2.05) is 48.5 Å². The molecule has 2 aromatic rings. The van der Waals surface area contributed by atoms with E-state index in [2.05, 4.69) is 0 Å². The Bertz CT molecular complexity index is 532. The van der Waals surface area contributed by atoms with E-state index in [1.54, 1.807) is 0 Å². The van der Waals surface area contributed by atoms with E-state index in [4.69, 9.17) is 10.8 Å². The molecule has 0 bridgehead atoms. The fourth-order valence-electron chi connectivity index (χ4n) is 1.71. The second-order valence-corrected chi connectivity index (χ2v) is 3.89. The van der Waals surface area contributed by atoms with E-state index >= 15 is 0 Å². The quantitative estimate of drug-likeness (QED) is 0.792. The van der Waals surface area contributed by atoms with Crippen LogP contribution in [0.15, 0.2) is 48.5 Å². The molecule has 0 amide bonds. The molecule has 2 aromatic carbocycles. The highest BCUT2D eigenvalue weighted by Crippen LogP contribution is 2.21. The minimum absolute atomic E-state index is 0.0445. The highest BCUT2D eigenvalue weighted by molar-refractivity contribution is 5.72. The summed E-state index contributed by atoms with van der Waals surface area (Å²) in [5, 5.41) is 8.75. The molecule has 0 unspecified atom stereocenters. The Hall–Kier alpha value is -2.29. The summed E-state index contributed by atoms with van der Waals surface area (Å²) >= 11 is 0. The van der Waals surface area contributed by atoms with Crippen LogP contribution in [0.2, 0.25) is 0 Å². The number of carboxylic acids is 1. The predicted octanol–water partition coefficient (Wildman–Crippen LogP) is 2.56. The number of carboxylic acid groups (broad SMARTS) is 1. The Balaban J connectivity index is 2.32. The van der Waals surface area contributed by atoms with Gasteiger partial charge in [0.2, 0.25) is 0 Å². The molecule has 0 saturated carbocycles. The van der Waals surface area contributed by atoms with Crippen LogP contribution in [0.4, 0.5) is 5.69 Å². The average Bonchev–Trinajstić information content (AvgIpc) is 2.29. The van der Waals surface area contributed by atoms with Gasteiger partial charge in [0.25, 0.3) is 0 Å². The van der Waals surface area contributed by atoms with Gasteiger partial charge in [-0.1, -0.05) is 36.4 Å². The van der Waals surface area contributed by atoms with Gasteiger partial charge >= 0.3 is 5.97 Å². The van der Waals surface area contributed by atoms with Crippen LogP contribution in [0.5, 0.6) is 0 Å². The summed E-state index contributed by atoms with van der Waals surface area (Å²) in [6.45, 7) is 0. The lowest BCUT2D eigenvalue weighted by Gasteiger charge is -2.04. The first-order valence-electron chi connectivity index (χ1n) is 5.32. The third-order valence-electron chi connectivity index (χ3n) is 2.53. The molecule has 0 fully saturated rings. The minimum Gasteiger partial charge on any atom is -0.481 e. The number of aliphatic carboxylic acids is 1. The molecule has 0 radical (unpaired) electrons. The lowest BCUT2D eigenvalue weighted by atomic mass is 10.0. The molecular formula is C14H13NO2. The molecule has 86 valence electrons. The van der Waals surface area contributed by atoms with Gasteiger partial charge in [-0.15, -0.1) is 0 Å². The Morgan fingerprint density at radius 3 is 2.41 bits per heavy atom. The van der Waals surface area contributed by atoms with Gasteiger partial charge in [0.05, 0.1) is 6.42 Å². The van der Waals surface area contributed by atoms with Crippen LogP contribution < -0.4 is 5.73 Å². The van der Waals surface area contributed by atoms with Crippen LogP contribution in [-0.2, 0) is 11.2 Å². The minimum atomic E-state index is -0.820. The summed E-state index contributed by atoms with van der Waals surface area (Å²) in [7, 11) is 0. The molecular weight excluding hydrogens is 214 g/mol. The lowest BCUT2D eigenvalue weighted by molar-refractivity contribution is -0.136. The maximum absolute atomic E-state index is 10.6. The Kier molecular flexibility index (Phi) is 3.10. The van der Waals surface area contributed by atoms with Crippen molar-refractivity contribution in [2.45, 2.75) is 6.42 Å². The number of rotatable bonds is 3. The molecule has 3 heteroatoms. The molecule has 0 saturated heterocycles. The van der Waals surface area contributed by atoms with Gasteiger partial charge in [0.1, 0.15) is 0 Å². The van der Waals surface area contributed by atoms with Crippen molar-refractivity contribution in [2.75, 3.05) is 5.73 Å². The van der Waals surface area contributed by atoms with Crippen molar-refractivity contribution in [3.63, 3.8) is 0 Å². The van der Waals surface area contributed by atoms with Crippen LogP contribution in [0.1, 0.15) is 5.56 Å². The number of hydrogen-bond acceptors (Lipinski definition) is 2. The molecule has 2 rings (SSSR count). The summed E-state index contributed by atoms with van der Waals surface area (Å²) < 4.78 is 0. The van der Waals surface area contributed by atoms with Gasteiger partial charge in [-0.05, 0) is 28.8 Å². The molecule has 0 aliphatic heterocycles. The maximum Gasteiger partial charge on any atom is 0.307 e. The fourth-order valence-corrected chi connectivity index (χ4v) is 1.71. The Labute approximate surface area is 99.5 Å². The first-order chi connectivity index (χ1) is 8.15. The number of nitrogens with two attached hydrogens (primary N) is 1. The van der Waals surface area contributed by atoms with Gasteiger partial charge in [-0.3, -0.25) is 4.79 Å². The van der Waals surface area contributed by atoms with E-state index in [0.29, 0.717) is 0 Å². The monoisotopic (exact) mass is 227 g/mol. The summed E-state index contributed by atoms with van der Waals surface area (Å²) in [6, 6.07) is 15.0. The second-order valence-electron chi connectivity index (χ2n) is 3.89. The topological polar surface area (TPSA) is 63.3 Å². The van der Waals surface area contributed by atoms with Crippen LogP contribution >= 0.6 is 0 Å². The molecule has 0 atom stereocenters. The van der Waals surface area contributed by atoms with Gasteiger partial charge in [-0.2, -0.15) is 0 Å². The average molecular weight is 227 g/mol. The number of hydrogen-bond donors (Lipinski definition) is 2. The highest BCUT2D eigenvalue weighted by atomic mass is 16.4. The van der Waals surface area contributed by atoms with Crippen molar-refractivity contribution in [2.24, 2.45) is 0 Å². The largest absolute Gasteiger partial charge is 0.481 e. The lowest BCUT2D eigenvalue weighted by Crippen LogP contribution is -1.99. The van der Waals surface area contributed by atoms with Crippen molar-refractivity contribution < 1.29 is 9.90 Å². The van der Waals surface area contributed by atoms with E-state index in [0.717, 1.165) is 22.4 Å². The number of nitrogen functional groups attached to an aromatic ring is 1. The summed E-state index contributed by atoms with van der Waals surface area (Å²) in [4.78, 5) is 10.6. The van der Waals surface area contributed by atoms with Gasteiger partial charge < -0.3 is 10.8 Å². The first kappa shape index (κ1) is 11.2. The number of benzene rings is 2. The molecule has 0 aliphatic carbocycles. The van der Waals surface area contributed by atoms with Crippen LogP contribution in [0, 0.1) is 0 Å². The predicted molar refractivity (Wildman–Crippen MR) is 67.6 cm³/mol. The van der Waals surface area contributed by atoms with Gasteiger partial charge in [0.15, 0.2) is 0 Å². The number of carbonyl (C=O) groups is 1. The van der Waals surface area contributed by atoms with Crippen molar-refractivity contribution in [3.8, 4) is 11.1 Å². The smallest absolute Gasteiger partial charge is 0.307 e. The van der Waals surface area contributed by atoms with Crippen LogP contribution in [0.3, 0.4) is 0 Å². The number of anilines is 1. The van der Waals surface area contributed by atoms with Gasteiger partial charge in [-0.25, -0.2) is 0 Å². The fraction of sp³-hybridized carbons (Fsp3) is 0.0714. The summed E-state index contributed by atoms with van der Waals surface area (Å²) in [6.07, 6.45) is 0.0445. The van der Waals surface area contributed by atoms with E-state index in [1.165, 1.54) is 0 Å². The zero-order valence-electron chi connectivity index (χ0n) is 9.26. The molecule has 3 N–H and O–H groups in total. The van der Waals surface area contributed by atoms with E-state index < -0.39 is 5.97 Å². The molecule has 0 heterocycles. The summed E-state index contributed by atoms with van der Waals surface area (Å²) in [5.41, 5.74) is 9.18. The highest BCUT2D eigenvalue weighted by Gasteiger charge is 2.02. The van der Waals surface area contributed by atoms with Crippen molar-refractivity contribution in [1.82, 2.24) is 0 Å². The zero-order valence-corrected chi connectivity index (χ0v) is 9.26. The zero-order chi connectivity index (χ0) is 12.3. The second kappa shape index (κ2) is 4.70. The molecule has 17 heavy (non-hydrogen) atoms. The Morgan fingerprint density at radius 1 is 1.06 bits per heavy atom.